The Morgan fingerprint density at radius 1 is 1.71 bits per heavy atom. The standard InChI is InChI=1S/C11H19N3/c1-4-5-10(2)12-7-6-11-8-13-14(3)9-11/h4,8-10,12H,1,5-7H2,2-3H3. The molecule has 0 radical (unpaired) electrons. The van der Waals surface area contributed by atoms with Gasteiger partial charge in [-0.25, -0.2) is 0 Å². The normalized spacial score (nSPS) is 12.7. The Bertz CT molecular complexity index is 278. The van der Waals surface area contributed by atoms with E-state index in [9.17, 15) is 0 Å². The van der Waals surface area contributed by atoms with Gasteiger partial charge in [0.2, 0.25) is 0 Å². The van der Waals surface area contributed by atoms with Crippen LogP contribution in [0.15, 0.2) is 25.0 Å². The number of aromatic nitrogens is 2. The number of nitrogens with zero attached hydrogens (tertiary/aromatic N) is 2. The molecule has 1 aromatic rings. The lowest BCUT2D eigenvalue weighted by Gasteiger charge is -2.10. The van der Waals surface area contributed by atoms with E-state index in [1.807, 2.05) is 24.0 Å². The minimum Gasteiger partial charge on any atom is -0.314 e. The molecule has 1 unspecified atom stereocenters. The van der Waals surface area contributed by atoms with Crippen LogP contribution in [0.1, 0.15) is 18.9 Å². The van der Waals surface area contributed by atoms with Gasteiger partial charge in [-0.2, -0.15) is 5.10 Å². The summed E-state index contributed by atoms with van der Waals surface area (Å²) in [6.07, 6.45) is 7.98. The summed E-state index contributed by atoms with van der Waals surface area (Å²) in [5.41, 5.74) is 1.28. The molecule has 0 aliphatic rings. The summed E-state index contributed by atoms with van der Waals surface area (Å²) in [4.78, 5) is 0. The van der Waals surface area contributed by atoms with Crippen molar-refractivity contribution in [2.45, 2.75) is 25.8 Å². The van der Waals surface area contributed by atoms with Crippen molar-refractivity contribution >= 4 is 0 Å². The highest BCUT2D eigenvalue weighted by molar-refractivity contribution is 5.03. The topological polar surface area (TPSA) is 29.9 Å². The predicted octanol–water partition coefficient (Wildman–Crippen LogP) is 1.52. The minimum atomic E-state index is 0.518. The molecule has 1 heterocycles. The molecule has 14 heavy (non-hydrogen) atoms. The Hall–Kier alpha value is -1.09. The van der Waals surface area contributed by atoms with Crippen molar-refractivity contribution < 1.29 is 0 Å². The van der Waals surface area contributed by atoms with E-state index in [2.05, 4.69) is 30.1 Å². The molecular weight excluding hydrogens is 174 g/mol. The zero-order valence-corrected chi connectivity index (χ0v) is 9.03. The van der Waals surface area contributed by atoms with Gasteiger partial charge in [0, 0.05) is 19.3 Å². The third-order valence-corrected chi connectivity index (χ3v) is 2.19. The van der Waals surface area contributed by atoms with Crippen LogP contribution >= 0.6 is 0 Å². The molecule has 3 heteroatoms. The van der Waals surface area contributed by atoms with Gasteiger partial charge in [0.25, 0.3) is 0 Å². The molecule has 1 atom stereocenters. The fourth-order valence-corrected chi connectivity index (χ4v) is 1.40. The van der Waals surface area contributed by atoms with E-state index in [-0.39, 0.29) is 0 Å². The van der Waals surface area contributed by atoms with Gasteiger partial charge in [0.05, 0.1) is 6.20 Å². The highest BCUT2D eigenvalue weighted by Gasteiger charge is 1.99. The molecule has 1 rings (SSSR count). The molecule has 0 saturated carbocycles. The van der Waals surface area contributed by atoms with Crippen molar-refractivity contribution in [3.05, 3.63) is 30.6 Å². The van der Waals surface area contributed by atoms with E-state index in [0.717, 1.165) is 19.4 Å². The molecule has 3 nitrogen and oxygen atoms in total. The first-order valence-electron chi connectivity index (χ1n) is 5.04. The Kier molecular flexibility index (Phi) is 4.40. The summed E-state index contributed by atoms with van der Waals surface area (Å²) in [6.45, 7) is 6.89. The first-order valence-corrected chi connectivity index (χ1v) is 5.04. The second-order valence-electron chi connectivity index (χ2n) is 3.65. The van der Waals surface area contributed by atoms with E-state index in [4.69, 9.17) is 0 Å². The third kappa shape index (κ3) is 3.75. The molecule has 0 spiro atoms. The van der Waals surface area contributed by atoms with Gasteiger partial charge in [-0.3, -0.25) is 4.68 Å². The van der Waals surface area contributed by atoms with E-state index in [1.54, 1.807) is 0 Å². The van der Waals surface area contributed by atoms with Crippen LogP contribution in [0.5, 0.6) is 0 Å². The zero-order valence-electron chi connectivity index (χ0n) is 9.03. The monoisotopic (exact) mass is 193 g/mol. The van der Waals surface area contributed by atoms with Crippen molar-refractivity contribution in [3.63, 3.8) is 0 Å². The van der Waals surface area contributed by atoms with Gasteiger partial charge in [0.1, 0.15) is 0 Å². The Morgan fingerprint density at radius 2 is 2.50 bits per heavy atom. The molecule has 78 valence electrons. The summed E-state index contributed by atoms with van der Waals surface area (Å²) in [6, 6.07) is 0.518. The lowest BCUT2D eigenvalue weighted by Crippen LogP contribution is -2.27. The second kappa shape index (κ2) is 5.60. The summed E-state index contributed by atoms with van der Waals surface area (Å²) in [5, 5.41) is 7.56. The number of nitrogens with one attached hydrogen (secondary N) is 1. The molecule has 0 aliphatic carbocycles. The van der Waals surface area contributed by atoms with E-state index in [0.29, 0.717) is 6.04 Å². The third-order valence-electron chi connectivity index (χ3n) is 2.19. The highest BCUT2D eigenvalue weighted by atomic mass is 15.2. The summed E-state index contributed by atoms with van der Waals surface area (Å²) < 4.78 is 1.84. The number of aryl methyl sites for hydroxylation is 1. The van der Waals surface area contributed by atoms with Gasteiger partial charge in [-0.05, 0) is 31.9 Å². The number of rotatable bonds is 6. The van der Waals surface area contributed by atoms with E-state index < -0.39 is 0 Å². The van der Waals surface area contributed by atoms with Crippen LogP contribution in [0.2, 0.25) is 0 Å². The number of hydrogen-bond acceptors (Lipinski definition) is 2. The highest BCUT2D eigenvalue weighted by Crippen LogP contribution is 1.97. The van der Waals surface area contributed by atoms with Crippen LogP contribution in [0.4, 0.5) is 0 Å². The van der Waals surface area contributed by atoms with Crippen LogP contribution < -0.4 is 5.32 Å². The summed E-state index contributed by atoms with van der Waals surface area (Å²) in [5.74, 6) is 0. The van der Waals surface area contributed by atoms with Crippen LogP contribution in [0.25, 0.3) is 0 Å². The maximum atomic E-state index is 4.12. The molecule has 1 aromatic heterocycles. The molecule has 0 saturated heterocycles. The quantitative estimate of drug-likeness (QED) is 0.694. The van der Waals surface area contributed by atoms with Gasteiger partial charge < -0.3 is 5.32 Å². The van der Waals surface area contributed by atoms with Crippen molar-refractivity contribution in [1.29, 1.82) is 0 Å². The van der Waals surface area contributed by atoms with Crippen LogP contribution in [0.3, 0.4) is 0 Å². The van der Waals surface area contributed by atoms with Crippen LogP contribution in [-0.2, 0) is 13.5 Å². The SMILES string of the molecule is C=CCC(C)NCCc1cnn(C)c1. The molecule has 1 N–H and O–H groups in total. The maximum absolute atomic E-state index is 4.12. The first kappa shape index (κ1) is 11.0. The fourth-order valence-electron chi connectivity index (χ4n) is 1.40. The largest absolute Gasteiger partial charge is 0.314 e. The second-order valence-corrected chi connectivity index (χ2v) is 3.65. The molecule has 0 amide bonds. The maximum Gasteiger partial charge on any atom is 0.0522 e. The van der Waals surface area contributed by atoms with Crippen LogP contribution in [-0.4, -0.2) is 22.4 Å². The van der Waals surface area contributed by atoms with Crippen molar-refractivity contribution in [1.82, 2.24) is 15.1 Å². The van der Waals surface area contributed by atoms with Gasteiger partial charge in [-0.15, -0.1) is 6.58 Å². The van der Waals surface area contributed by atoms with Crippen LogP contribution in [0, 0.1) is 0 Å². The van der Waals surface area contributed by atoms with Gasteiger partial charge >= 0.3 is 0 Å². The molecule has 0 fully saturated rings. The summed E-state index contributed by atoms with van der Waals surface area (Å²) in [7, 11) is 1.94. The van der Waals surface area contributed by atoms with E-state index in [1.165, 1.54) is 5.56 Å². The number of hydrogen-bond donors (Lipinski definition) is 1. The Morgan fingerprint density at radius 3 is 3.07 bits per heavy atom. The first-order chi connectivity index (χ1) is 6.72. The molecular formula is C11H19N3. The minimum absolute atomic E-state index is 0.518. The predicted molar refractivity (Wildman–Crippen MR) is 59.2 cm³/mol. The Balaban J connectivity index is 2.18. The summed E-state index contributed by atoms with van der Waals surface area (Å²) >= 11 is 0. The van der Waals surface area contributed by atoms with Gasteiger partial charge in [-0.1, -0.05) is 6.08 Å². The average molecular weight is 193 g/mol. The molecule has 0 aliphatic heterocycles. The van der Waals surface area contributed by atoms with E-state index >= 15 is 0 Å². The van der Waals surface area contributed by atoms with Crippen molar-refractivity contribution in [3.8, 4) is 0 Å². The zero-order chi connectivity index (χ0) is 10.4. The fraction of sp³-hybridized carbons (Fsp3) is 0.545. The Labute approximate surface area is 85.8 Å². The molecule has 0 aromatic carbocycles. The van der Waals surface area contributed by atoms with Crippen molar-refractivity contribution in [2.75, 3.05) is 6.54 Å². The molecule has 0 bridgehead atoms. The average Bonchev–Trinajstić information content (AvgIpc) is 2.52. The van der Waals surface area contributed by atoms with Gasteiger partial charge in [0.15, 0.2) is 0 Å². The van der Waals surface area contributed by atoms with Crippen molar-refractivity contribution in [2.24, 2.45) is 7.05 Å². The lowest BCUT2D eigenvalue weighted by molar-refractivity contribution is 0.556. The smallest absolute Gasteiger partial charge is 0.0522 e. The lowest BCUT2D eigenvalue weighted by atomic mass is 10.2.